The Balaban J connectivity index is 1.39. The number of carbonyl (C=O) groups is 1. The first kappa shape index (κ1) is 26.1. The van der Waals surface area contributed by atoms with Crippen molar-refractivity contribution in [1.82, 2.24) is 9.80 Å². The summed E-state index contributed by atoms with van der Waals surface area (Å²) in [6.45, 7) is 8.04. The monoisotopic (exact) mass is 508 g/mol. The van der Waals surface area contributed by atoms with Crippen molar-refractivity contribution in [2.45, 2.75) is 39.4 Å². The third-order valence-electron chi connectivity index (χ3n) is 5.87. The number of carbonyl (C=O) groups excluding carboxylic acids is 1. The molecule has 1 atom stereocenters. The second kappa shape index (κ2) is 11.4. The lowest BCUT2D eigenvalue weighted by atomic mass is 10.1. The summed E-state index contributed by atoms with van der Waals surface area (Å²) in [6.07, 6.45) is -5.34. The number of benzene rings is 2. The lowest BCUT2D eigenvalue weighted by Crippen LogP contribution is -2.51. The fourth-order valence-corrected chi connectivity index (χ4v) is 4.33. The van der Waals surface area contributed by atoms with Gasteiger partial charge in [-0.2, -0.15) is 0 Å². The number of hydrogen-bond acceptors (Lipinski definition) is 6. The molecule has 0 radical (unpaired) electrons. The van der Waals surface area contributed by atoms with E-state index < -0.39 is 12.5 Å². The van der Waals surface area contributed by atoms with Crippen molar-refractivity contribution < 1.29 is 36.9 Å². The summed E-state index contributed by atoms with van der Waals surface area (Å²) < 4.78 is 58.3. The number of halogens is 3. The van der Waals surface area contributed by atoms with Crippen LogP contribution in [-0.4, -0.2) is 67.6 Å². The van der Waals surface area contributed by atoms with Gasteiger partial charge in [-0.15, -0.1) is 13.2 Å². The number of amides is 1. The van der Waals surface area contributed by atoms with Crippen molar-refractivity contribution in [3.63, 3.8) is 0 Å². The van der Waals surface area contributed by atoms with E-state index in [-0.39, 0.29) is 17.6 Å². The highest BCUT2D eigenvalue weighted by Crippen LogP contribution is 2.31. The SMILES string of the molecule is CC(C)CN(Cc1ccc2c(c1)OCCO2)C(=O)C1CN(Cc2ccc(OC(F)(F)F)cc2)CCO1. The van der Waals surface area contributed by atoms with Crippen LogP contribution in [0.3, 0.4) is 0 Å². The average Bonchev–Trinajstić information content (AvgIpc) is 2.83. The molecule has 0 aliphatic carbocycles. The van der Waals surface area contributed by atoms with E-state index in [4.69, 9.17) is 14.2 Å². The average molecular weight is 509 g/mol. The molecule has 0 saturated carbocycles. The summed E-state index contributed by atoms with van der Waals surface area (Å²) in [5.74, 6) is 1.31. The predicted octanol–water partition coefficient (Wildman–Crippen LogP) is 4.24. The largest absolute Gasteiger partial charge is 0.573 e. The van der Waals surface area contributed by atoms with Gasteiger partial charge in [0.05, 0.1) is 6.61 Å². The van der Waals surface area contributed by atoms with Gasteiger partial charge in [0.1, 0.15) is 25.1 Å². The molecule has 1 unspecified atom stereocenters. The predicted molar refractivity (Wildman–Crippen MR) is 126 cm³/mol. The summed E-state index contributed by atoms with van der Waals surface area (Å²) in [5, 5.41) is 0. The topological polar surface area (TPSA) is 60.5 Å². The summed E-state index contributed by atoms with van der Waals surface area (Å²) >= 11 is 0. The summed E-state index contributed by atoms with van der Waals surface area (Å²) in [7, 11) is 0. The molecule has 0 aromatic heterocycles. The zero-order valence-electron chi connectivity index (χ0n) is 20.4. The maximum atomic E-state index is 13.5. The molecule has 0 N–H and O–H groups in total. The van der Waals surface area contributed by atoms with Crippen molar-refractivity contribution >= 4 is 5.91 Å². The molecule has 2 aliphatic rings. The fraction of sp³-hybridized carbons (Fsp3) is 0.500. The van der Waals surface area contributed by atoms with Crippen LogP contribution in [0.4, 0.5) is 13.2 Å². The van der Waals surface area contributed by atoms with Gasteiger partial charge in [0.25, 0.3) is 5.91 Å². The minimum absolute atomic E-state index is 0.0859. The second-order valence-electron chi connectivity index (χ2n) is 9.38. The zero-order chi connectivity index (χ0) is 25.7. The second-order valence-corrected chi connectivity index (χ2v) is 9.38. The Hall–Kier alpha value is -2.98. The molecule has 2 heterocycles. The normalized spacial score (nSPS) is 18.2. The Morgan fingerprint density at radius 3 is 2.44 bits per heavy atom. The highest BCUT2D eigenvalue weighted by molar-refractivity contribution is 5.81. The van der Waals surface area contributed by atoms with Crippen molar-refractivity contribution in [3.8, 4) is 17.2 Å². The van der Waals surface area contributed by atoms with Crippen LogP contribution in [0, 0.1) is 5.92 Å². The first-order valence-corrected chi connectivity index (χ1v) is 12.0. The lowest BCUT2D eigenvalue weighted by molar-refractivity contribution is -0.274. The smallest absolute Gasteiger partial charge is 0.486 e. The van der Waals surface area contributed by atoms with E-state index in [0.717, 1.165) is 11.1 Å². The molecular formula is C26H31F3N2O5. The summed E-state index contributed by atoms with van der Waals surface area (Å²) in [4.78, 5) is 17.4. The number of hydrogen-bond donors (Lipinski definition) is 0. The van der Waals surface area contributed by atoms with E-state index in [1.54, 1.807) is 12.1 Å². The lowest BCUT2D eigenvalue weighted by Gasteiger charge is -2.35. The van der Waals surface area contributed by atoms with E-state index in [0.29, 0.717) is 64.0 Å². The maximum Gasteiger partial charge on any atom is 0.573 e. The van der Waals surface area contributed by atoms with Crippen LogP contribution >= 0.6 is 0 Å². The quantitative estimate of drug-likeness (QED) is 0.532. The number of morpholine rings is 1. The van der Waals surface area contributed by atoms with Crippen LogP contribution in [-0.2, 0) is 22.6 Å². The van der Waals surface area contributed by atoms with Gasteiger partial charge in [0.15, 0.2) is 11.5 Å². The van der Waals surface area contributed by atoms with Crippen molar-refractivity contribution in [1.29, 1.82) is 0 Å². The van der Waals surface area contributed by atoms with Gasteiger partial charge < -0.3 is 23.8 Å². The minimum atomic E-state index is -4.72. The third kappa shape index (κ3) is 7.27. The number of fused-ring (bicyclic) bond motifs is 1. The van der Waals surface area contributed by atoms with Crippen molar-refractivity contribution in [2.24, 2.45) is 5.92 Å². The van der Waals surface area contributed by atoms with E-state index in [1.807, 2.05) is 23.1 Å². The number of alkyl halides is 3. The molecular weight excluding hydrogens is 477 g/mol. The van der Waals surface area contributed by atoms with Crippen LogP contribution < -0.4 is 14.2 Å². The summed E-state index contributed by atoms with van der Waals surface area (Å²) in [5.41, 5.74) is 1.77. The molecule has 1 amide bonds. The number of rotatable bonds is 8. The molecule has 0 bridgehead atoms. The number of ether oxygens (including phenoxy) is 4. The van der Waals surface area contributed by atoms with Gasteiger partial charge in [0, 0.05) is 32.7 Å². The molecule has 2 aliphatic heterocycles. The van der Waals surface area contributed by atoms with Crippen LogP contribution in [0.1, 0.15) is 25.0 Å². The molecule has 2 aromatic carbocycles. The highest BCUT2D eigenvalue weighted by Gasteiger charge is 2.32. The molecule has 7 nitrogen and oxygen atoms in total. The molecule has 196 valence electrons. The van der Waals surface area contributed by atoms with E-state index in [9.17, 15) is 18.0 Å². The van der Waals surface area contributed by atoms with E-state index in [2.05, 4.69) is 23.5 Å². The maximum absolute atomic E-state index is 13.5. The van der Waals surface area contributed by atoms with E-state index in [1.165, 1.54) is 12.1 Å². The molecule has 2 aromatic rings. The van der Waals surface area contributed by atoms with Gasteiger partial charge in [-0.05, 0) is 41.3 Å². The highest BCUT2D eigenvalue weighted by atomic mass is 19.4. The Morgan fingerprint density at radius 1 is 1.06 bits per heavy atom. The molecule has 10 heteroatoms. The van der Waals surface area contributed by atoms with Gasteiger partial charge in [-0.25, -0.2) is 0 Å². The van der Waals surface area contributed by atoms with Crippen LogP contribution in [0.2, 0.25) is 0 Å². The van der Waals surface area contributed by atoms with E-state index >= 15 is 0 Å². The van der Waals surface area contributed by atoms with Gasteiger partial charge >= 0.3 is 6.36 Å². The summed E-state index contributed by atoms with van der Waals surface area (Å²) in [6, 6.07) is 11.5. The van der Waals surface area contributed by atoms with Gasteiger partial charge in [0.2, 0.25) is 0 Å². The van der Waals surface area contributed by atoms with Gasteiger partial charge in [-0.3, -0.25) is 9.69 Å². The zero-order valence-corrected chi connectivity index (χ0v) is 20.4. The van der Waals surface area contributed by atoms with Crippen molar-refractivity contribution in [2.75, 3.05) is 39.5 Å². The third-order valence-corrected chi connectivity index (χ3v) is 5.87. The first-order valence-electron chi connectivity index (χ1n) is 12.0. The Morgan fingerprint density at radius 2 is 1.75 bits per heavy atom. The Kier molecular flexibility index (Phi) is 8.25. The Labute approximate surface area is 208 Å². The molecule has 1 saturated heterocycles. The van der Waals surface area contributed by atoms with Crippen molar-refractivity contribution in [3.05, 3.63) is 53.6 Å². The fourth-order valence-electron chi connectivity index (χ4n) is 4.33. The standard InChI is InChI=1S/C26H31F3N2O5/c1-18(2)14-31(16-20-5-8-22-23(13-20)35-12-11-34-22)25(32)24-17-30(9-10-33-24)15-19-3-6-21(7-4-19)36-26(27,28)29/h3-8,13,18,24H,9-12,14-17H2,1-2H3. The first-order chi connectivity index (χ1) is 17.2. The van der Waals surface area contributed by atoms with Crippen LogP contribution in [0.15, 0.2) is 42.5 Å². The Bertz CT molecular complexity index is 1030. The molecule has 4 rings (SSSR count). The number of nitrogens with zero attached hydrogens (tertiary/aromatic N) is 2. The molecule has 1 fully saturated rings. The molecule has 0 spiro atoms. The van der Waals surface area contributed by atoms with Crippen LogP contribution in [0.5, 0.6) is 17.2 Å². The van der Waals surface area contributed by atoms with Crippen LogP contribution in [0.25, 0.3) is 0 Å². The minimum Gasteiger partial charge on any atom is -0.486 e. The molecule has 36 heavy (non-hydrogen) atoms. The van der Waals surface area contributed by atoms with Gasteiger partial charge in [-0.1, -0.05) is 32.0 Å².